The molecule has 7 heteroatoms. The van der Waals surface area contributed by atoms with E-state index >= 15 is 0 Å². The number of primary amides is 1. The Balaban J connectivity index is -0.000000279. The maximum absolute atomic E-state index is 11.3. The van der Waals surface area contributed by atoms with Crippen LogP contribution in [0.5, 0.6) is 0 Å². The summed E-state index contributed by atoms with van der Waals surface area (Å²) in [5, 5.41) is 2.04. The van der Waals surface area contributed by atoms with Gasteiger partial charge in [0.1, 0.15) is 4.32 Å². The number of hydrogen-bond acceptors (Lipinski definition) is 2. The zero-order chi connectivity index (χ0) is 24.5. The Morgan fingerprint density at radius 1 is 0.588 bits per heavy atom. The van der Waals surface area contributed by atoms with Crippen LogP contribution in [0.25, 0.3) is 0 Å². The van der Waals surface area contributed by atoms with Crippen molar-refractivity contribution in [2.75, 3.05) is 0 Å². The monoisotopic (exact) mass is 566 g/mol. The second-order valence-corrected chi connectivity index (χ2v) is 10.7. The predicted molar refractivity (Wildman–Crippen MR) is 159 cm³/mol. The van der Waals surface area contributed by atoms with E-state index in [1.807, 2.05) is 19.2 Å². The summed E-state index contributed by atoms with van der Waals surface area (Å²) in [4.78, 5) is 21.6. The number of unbranched alkanes of at least 4 members (excludes halogenated alkanes) is 17. The molecule has 0 aromatic carbocycles. The normalized spacial score (nSPS) is 10.4. The predicted octanol–water partition coefficient (Wildman–Crippen LogP) is 7.89. The van der Waals surface area contributed by atoms with Crippen molar-refractivity contribution < 1.29 is 9.59 Å². The molecule has 0 fully saturated rings. The van der Waals surface area contributed by atoms with E-state index in [2.05, 4.69) is 29.8 Å². The van der Waals surface area contributed by atoms with E-state index in [1.54, 1.807) is 0 Å². The van der Waals surface area contributed by atoms with Crippen LogP contribution in [0, 0.1) is 0 Å². The average Bonchev–Trinajstić information content (AvgIpc) is 2.78. The number of amides is 3. The molecule has 0 aromatic rings. The summed E-state index contributed by atoms with van der Waals surface area (Å²) in [5.41, 5.74) is 4.81. The summed E-state index contributed by atoms with van der Waals surface area (Å²) in [6.07, 6.45) is 27.6. The minimum absolute atomic E-state index is 0. The second kappa shape index (κ2) is 32.4. The molecule has 0 unspecified atom stereocenters. The molecule has 0 rings (SSSR count). The molecule has 0 aliphatic heterocycles. The molecule has 0 aliphatic carbocycles. The number of hydrogen-bond donors (Lipinski definition) is 2. The summed E-state index contributed by atoms with van der Waals surface area (Å²) in [6.45, 7) is 8.31. The van der Waals surface area contributed by atoms with E-state index in [9.17, 15) is 9.59 Å². The van der Waals surface area contributed by atoms with E-state index in [4.69, 9.17) is 5.73 Å². The summed E-state index contributed by atoms with van der Waals surface area (Å²) in [7, 11) is 0. The molecule has 34 heavy (non-hydrogen) atoms. The third-order valence-electron chi connectivity index (χ3n) is 6.22. The van der Waals surface area contributed by atoms with Crippen LogP contribution in [0.2, 0.25) is 0 Å². The summed E-state index contributed by atoms with van der Waals surface area (Å²) in [6, 6.07) is -0.814. The first-order chi connectivity index (χ1) is 15.4. The van der Waals surface area contributed by atoms with Gasteiger partial charge in [-0.25, -0.2) is 4.79 Å². The van der Waals surface area contributed by atoms with Crippen LogP contribution in [0.4, 0.5) is 4.79 Å². The molecule has 0 heterocycles. The van der Waals surface area contributed by atoms with E-state index in [0.717, 1.165) is 0 Å². The fraction of sp³-hybridized carbons (Fsp3) is 0.926. The fourth-order valence-corrected chi connectivity index (χ4v) is 3.87. The Hall–Kier alpha value is 1.42. The number of rotatable bonds is 20. The van der Waals surface area contributed by atoms with Crippen LogP contribution >= 0.6 is 15.9 Å². The molecular weight excluding hydrogens is 510 g/mol. The van der Waals surface area contributed by atoms with Gasteiger partial charge >= 0.3 is 65.1 Å². The van der Waals surface area contributed by atoms with Gasteiger partial charge in [0.25, 0.3) is 0 Å². The number of carbonyl (C=O) groups excluding carboxylic acids is 2. The van der Waals surface area contributed by atoms with Gasteiger partial charge < -0.3 is 5.73 Å². The van der Waals surface area contributed by atoms with Crippen molar-refractivity contribution in [2.24, 2.45) is 5.73 Å². The van der Waals surface area contributed by atoms with Crippen LogP contribution < -0.4 is 11.1 Å². The Morgan fingerprint density at radius 3 is 1.00 bits per heavy atom. The van der Waals surface area contributed by atoms with Gasteiger partial charge in [-0.15, -0.1) is 0 Å². The van der Waals surface area contributed by atoms with Crippen LogP contribution in [0.1, 0.15) is 156 Å². The first kappa shape index (κ1) is 42.5. The number of urea groups is 1. The first-order valence-electron chi connectivity index (χ1n) is 13.7. The molecule has 0 atom stereocenters. The van der Waals surface area contributed by atoms with E-state index in [-0.39, 0.29) is 65.0 Å². The molecule has 0 spiro atoms. The molecule has 0 saturated carbocycles. The van der Waals surface area contributed by atoms with Crippen molar-refractivity contribution in [3.63, 3.8) is 0 Å². The van der Waals surface area contributed by atoms with E-state index in [0.29, 0.717) is 12.8 Å². The van der Waals surface area contributed by atoms with Gasteiger partial charge in [-0.2, -0.15) is 0 Å². The number of nitrogens with two attached hydrogens (primary N) is 1. The van der Waals surface area contributed by atoms with Crippen LogP contribution in [0.15, 0.2) is 0 Å². The van der Waals surface area contributed by atoms with Crippen LogP contribution in [-0.2, 0) is 4.79 Å². The molecule has 0 bridgehead atoms. The fourth-order valence-electron chi connectivity index (χ4n) is 3.77. The minimum atomic E-state index is -0.814. The number of alkyl halides is 1. The Morgan fingerprint density at radius 2 is 0.824 bits per heavy atom. The maximum atomic E-state index is 11.3. The molecule has 196 valence electrons. The Labute approximate surface area is 265 Å². The van der Waals surface area contributed by atoms with Crippen molar-refractivity contribution in [3.8, 4) is 0 Å². The Kier molecular flexibility index (Phi) is 40.6. The first-order valence-corrected chi connectivity index (χ1v) is 14.5. The molecule has 0 aromatic heterocycles. The van der Waals surface area contributed by atoms with E-state index in [1.165, 1.54) is 116 Å². The van der Waals surface area contributed by atoms with Crippen molar-refractivity contribution in [3.05, 3.63) is 0 Å². The quantitative estimate of drug-likeness (QED) is 0.0892. The molecule has 0 saturated heterocycles. The summed E-state index contributed by atoms with van der Waals surface area (Å²) >= 11 is 3.26. The van der Waals surface area contributed by atoms with Gasteiger partial charge in [-0.1, -0.05) is 159 Å². The van der Waals surface area contributed by atoms with Gasteiger partial charge in [0.2, 0.25) is 5.91 Å². The standard InChI is InChI=1S/C20H42.C7H13BrN2O2.2Na.2H/c1-3-5-7-9-11-13-15-17-19-20-18-16-14-12-10-8-6-4-2;1-3-7(8,4-2)5(11)10-6(9)12;;;;/h3-20H2,1-2H3;3-4H2,1-2H3,(H3,9,10,11,12);;;;. The Bertz CT molecular complexity index is 419. The number of halogens is 1. The third-order valence-corrected chi connectivity index (χ3v) is 7.70. The zero-order valence-corrected chi connectivity index (χ0v) is 23.5. The SMILES string of the molecule is CCC(Br)(CC)C(=O)NC(N)=O.CCCCCCCCCCCCCCCCCCCC.[NaH].[NaH]. The van der Waals surface area contributed by atoms with Crippen LogP contribution in [0.3, 0.4) is 0 Å². The molecule has 3 amide bonds. The van der Waals surface area contributed by atoms with Crippen molar-refractivity contribution in [1.29, 1.82) is 0 Å². The van der Waals surface area contributed by atoms with Gasteiger partial charge in [-0.3, -0.25) is 10.1 Å². The number of imide groups is 1. The third kappa shape index (κ3) is 29.6. The van der Waals surface area contributed by atoms with Crippen molar-refractivity contribution in [1.82, 2.24) is 5.32 Å². The zero-order valence-electron chi connectivity index (χ0n) is 21.9. The van der Waals surface area contributed by atoms with Gasteiger partial charge in [0.15, 0.2) is 0 Å². The van der Waals surface area contributed by atoms with Gasteiger partial charge in [-0.05, 0) is 12.8 Å². The van der Waals surface area contributed by atoms with Crippen molar-refractivity contribution in [2.45, 2.75) is 160 Å². The van der Waals surface area contributed by atoms with Crippen molar-refractivity contribution >= 4 is 87.0 Å². The summed E-state index contributed by atoms with van der Waals surface area (Å²) in [5.74, 6) is -0.375. The number of nitrogens with one attached hydrogen (secondary N) is 1. The van der Waals surface area contributed by atoms with Crippen LogP contribution in [-0.4, -0.2) is 75.4 Å². The number of carbonyl (C=O) groups is 2. The topological polar surface area (TPSA) is 72.2 Å². The average molecular weight is 568 g/mol. The molecule has 0 aliphatic rings. The summed E-state index contributed by atoms with van der Waals surface area (Å²) < 4.78 is -0.665. The molecular formula is C27H57BrN2Na2O2. The van der Waals surface area contributed by atoms with E-state index < -0.39 is 10.4 Å². The van der Waals surface area contributed by atoms with Gasteiger partial charge in [0, 0.05) is 0 Å². The van der Waals surface area contributed by atoms with Gasteiger partial charge in [0.05, 0.1) is 0 Å². The molecule has 4 nitrogen and oxygen atoms in total. The molecule has 0 radical (unpaired) electrons. The second-order valence-electron chi connectivity index (χ2n) is 9.15. The molecule has 3 N–H and O–H groups in total.